The number of thioether (sulfide) groups is 1. The van der Waals surface area contributed by atoms with E-state index in [4.69, 9.17) is 4.98 Å². The maximum atomic E-state index is 13.9. The van der Waals surface area contributed by atoms with E-state index in [-0.39, 0.29) is 11.0 Å². The molecule has 0 amide bonds. The molecule has 1 aliphatic rings. The summed E-state index contributed by atoms with van der Waals surface area (Å²) < 4.78 is 1.81. The van der Waals surface area contributed by atoms with E-state index in [1.54, 1.807) is 11.8 Å². The molecule has 1 aromatic heterocycles. The van der Waals surface area contributed by atoms with E-state index >= 15 is 0 Å². The molecule has 0 aliphatic heterocycles. The average molecular weight is 391 g/mol. The summed E-state index contributed by atoms with van der Waals surface area (Å²) in [6.45, 7) is 8.64. The van der Waals surface area contributed by atoms with Crippen LogP contribution in [0.2, 0.25) is 0 Å². The highest BCUT2D eigenvalue weighted by Crippen LogP contribution is 2.43. The number of hydrogen-bond donors (Lipinski definition) is 0. The Hall–Kier alpha value is -2.33. The first-order chi connectivity index (χ1) is 13.4. The molecule has 2 aromatic carbocycles. The van der Waals surface area contributed by atoms with Crippen molar-refractivity contribution < 1.29 is 0 Å². The Morgan fingerprint density at radius 3 is 2.46 bits per heavy atom. The number of benzene rings is 2. The fourth-order valence-electron chi connectivity index (χ4n) is 4.05. The van der Waals surface area contributed by atoms with Crippen LogP contribution in [0.3, 0.4) is 0 Å². The predicted octanol–water partition coefficient (Wildman–Crippen LogP) is 5.62. The van der Waals surface area contributed by atoms with Gasteiger partial charge >= 0.3 is 0 Å². The smallest absolute Gasteiger partial charge is 0.263 e. The maximum absolute atomic E-state index is 13.9. The second-order valence-corrected chi connectivity index (χ2v) is 9.55. The lowest BCUT2D eigenvalue weighted by molar-refractivity contribution is 0.435. The molecule has 28 heavy (non-hydrogen) atoms. The Morgan fingerprint density at radius 1 is 1.11 bits per heavy atom. The van der Waals surface area contributed by atoms with Crippen LogP contribution >= 0.6 is 11.8 Å². The summed E-state index contributed by atoms with van der Waals surface area (Å²) in [5, 5.41) is 1.09. The van der Waals surface area contributed by atoms with Gasteiger partial charge in [-0.2, -0.15) is 0 Å². The van der Waals surface area contributed by atoms with Gasteiger partial charge in [0.25, 0.3) is 5.56 Å². The Bertz CT molecular complexity index is 1070. The molecular weight excluding hydrogens is 364 g/mol. The van der Waals surface area contributed by atoms with E-state index in [2.05, 4.69) is 45.9 Å². The van der Waals surface area contributed by atoms with Gasteiger partial charge in [-0.1, -0.05) is 81.9 Å². The molecule has 0 saturated carbocycles. The first-order valence-electron chi connectivity index (χ1n) is 9.92. The van der Waals surface area contributed by atoms with Crippen LogP contribution in [0, 0.1) is 0 Å². The molecule has 0 fully saturated rings. The van der Waals surface area contributed by atoms with Gasteiger partial charge in [-0.05, 0) is 30.5 Å². The Balaban J connectivity index is 2.09. The summed E-state index contributed by atoms with van der Waals surface area (Å²) in [6.07, 6.45) is 1.77. The molecule has 0 saturated heterocycles. The number of rotatable bonds is 4. The molecule has 0 spiro atoms. The third-order valence-corrected chi connectivity index (χ3v) is 6.60. The molecule has 1 unspecified atom stereocenters. The van der Waals surface area contributed by atoms with Crippen molar-refractivity contribution in [3.8, 4) is 16.9 Å². The van der Waals surface area contributed by atoms with Crippen LogP contribution in [0.1, 0.15) is 45.2 Å². The molecular formula is C24H26N2OS. The van der Waals surface area contributed by atoms with Crippen molar-refractivity contribution >= 4 is 11.8 Å². The van der Waals surface area contributed by atoms with Crippen molar-refractivity contribution in [3.05, 3.63) is 76.1 Å². The lowest BCUT2D eigenvalue weighted by Crippen LogP contribution is -2.39. The van der Waals surface area contributed by atoms with Crippen LogP contribution in [0.4, 0.5) is 0 Å². The van der Waals surface area contributed by atoms with Gasteiger partial charge in [-0.15, -0.1) is 0 Å². The summed E-state index contributed by atoms with van der Waals surface area (Å²) in [5.41, 5.74) is 4.83. The Kier molecular flexibility index (Phi) is 4.92. The number of aromatic nitrogens is 2. The van der Waals surface area contributed by atoms with E-state index in [1.165, 1.54) is 5.56 Å². The van der Waals surface area contributed by atoms with E-state index in [1.807, 2.05) is 41.0 Å². The molecule has 0 N–H and O–H groups in total. The van der Waals surface area contributed by atoms with Crippen molar-refractivity contribution in [2.75, 3.05) is 0 Å². The van der Waals surface area contributed by atoms with E-state index in [0.717, 1.165) is 40.5 Å². The normalized spacial score (nSPS) is 18.0. The first-order valence-corrected chi connectivity index (χ1v) is 10.8. The van der Waals surface area contributed by atoms with Gasteiger partial charge < -0.3 is 0 Å². The predicted molar refractivity (Wildman–Crippen MR) is 118 cm³/mol. The second-order valence-electron chi connectivity index (χ2n) is 8.01. The zero-order valence-electron chi connectivity index (χ0n) is 16.9. The molecule has 0 radical (unpaired) electrons. The van der Waals surface area contributed by atoms with Gasteiger partial charge in [-0.25, -0.2) is 4.98 Å². The molecule has 0 bridgehead atoms. The average Bonchev–Trinajstić information content (AvgIpc) is 2.68. The standard InChI is InChI=1S/C24H26N2OS/c1-5-24(4)15-17-11-9-10-14-19(17)21-20(24)22(27)26(18-12-7-6-8-13-18)23(25-21)28-16(2)3/h6-14,16H,5,15H2,1-4H3. The lowest BCUT2D eigenvalue weighted by atomic mass is 9.69. The Morgan fingerprint density at radius 2 is 1.79 bits per heavy atom. The van der Waals surface area contributed by atoms with E-state index in [9.17, 15) is 4.79 Å². The van der Waals surface area contributed by atoms with Gasteiger partial charge in [0.1, 0.15) is 0 Å². The molecule has 3 nitrogen and oxygen atoms in total. The monoisotopic (exact) mass is 390 g/mol. The van der Waals surface area contributed by atoms with Crippen LogP contribution in [0.15, 0.2) is 64.5 Å². The van der Waals surface area contributed by atoms with Crippen LogP contribution in [0.5, 0.6) is 0 Å². The highest BCUT2D eigenvalue weighted by atomic mass is 32.2. The second kappa shape index (κ2) is 7.25. The number of para-hydroxylation sites is 1. The minimum absolute atomic E-state index is 0.0678. The largest absolute Gasteiger partial charge is 0.268 e. The summed E-state index contributed by atoms with van der Waals surface area (Å²) in [4.78, 5) is 19.0. The van der Waals surface area contributed by atoms with Gasteiger partial charge in [0.15, 0.2) is 5.16 Å². The molecule has 4 heteroatoms. The van der Waals surface area contributed by atoms with Crippen molar-refractivity contribution in [1.29, 1.82) is 0 Å². The summed E-state index contributed by atoms with van der Waals surface area (Å²) in [5.74, 6) is 0. The molecule has 3 aromatic rings. The van der Waals surface area contributed by atoms with Gasteiger partial charge in [0, 0.05) is 16.2 Å². The maximum Gasteiger partial charge on any atom is 0.263 e. The third-order valence-electron chi connectivity index (χ3n) is 5.64. The van der Waals surface area contributed by atoms with Crippen molar-refractivity contribution in [2.24, 2.45) is 0 Å². The minimum Gasteiger partial charge on any atom is -0.268 e. The molecule has 4 rings (SSSR count). The van der Waals surface area contributed by atoms with Crippen molar-refractivity contribution in [1.82, 2.24) is 9.55 Å². The fourth-order valence-corrected chi connectivity index (χ4v) is 4.91. The highest BCUT2D eigenvalue weighted by Gasteiger charge is 2.38. The van der Waals surface area contributed by atoms with Crippen molar-refractivity contribution in [3.63, 3.8) is 0 Å². The summed E-state index contributed by atoms with van der Waals surface area (Å²) >= 11 is 1.64. The zero-order valence-corrected chi connectivity index (χ0v) is 17.7. The quantitative estimate of drug-likeness (QED) is 0.428. The van der Waals surface area contributed by atoms with Gasteiger partial charge in [0.05, 0.1) is 16.9 Å². The summed E-state index contributed by atoms with van der Waals surface area (Å²) in [6, 6.07) is 18.3. The van der Waals surface area contributed by atoms with E-state index < -0.39 is 0 Å². The lowest BCUT2D eigenvalue weighted by Gasteiger charge is -2.36. The van der Waals surface area contributed by atoms with Gasteiger partial charge in [-0.3, -0.25) is 9.36 Å². The van der Waals surface area contributed by atoms with Crippen LogP contribution < -0.4 is 5.56 Å². The fraction of sp³-hybridized carbons (Fsp3) is 0.333. The highest BCUT2D eigenvalue weighted by molar-refractivity contribution is 7.99. The van der Waals surface area contributed by atoms with Crippen LogP contribution in [-0.4, -0.2) is 14.8 Å². The number of nitrogens with zero attached hydrogens (tertiary/aromatic N) is 2. The molecule has 1 atom stereocenters. The van der Waals surface area contributed by atoms with Crippen LogP contribution in [0.25, 0.3) is 16.9 Å². The third kappa shape index (κ3) is 3.10. The molecule has 144 valence electrons. The summed E-state index contributed by atoms with van der Waals surface area (Å²) in [7, 11) is 0. The van der Waals surface area contributed by atoms with Crippen molar-refractivity contribution in [2.45, 2.75) is 56.4 Å². The Labute approximate surface area is 170 Å². The minimum atomic E-state index is -0.217. The topological polar surface area (TPSA) is 34.9 Å². The van der Waals surface area contributed by atoms with Gasteiger partial charge in [0.2, 0.25) is 0 Å². The number of hydrogen-bond acceptors (Lipinski definition) is 3. The van der Waals surface area contributed by atoms with E-state index in [0.29, 0.717) is 5.25 Å². The van der Waals surface area contributed by atoms with Crippen LogP contribution in [-0.2, 0) is 11.8 Å². The first kappa shape index (κ1) is 19.0. The molecule has 1 aliphatic carbocycles. The molecule has 1 heterocycles. The number of fused-ring (bicyclic) bond motifs is 3. The zero-order chi connectivity index (χ0) is 19.9. The SMILES string of the molecule is CCC1(C)Cc2ccccc2-c2nc(SC(C)C)n(-c3ccccc3)c(=O)c21.